The Kier molecular flexibility index (Phi) is 5.96. The number of hydrogen-bond acceptors (Lipinski definition) is 7. The first-order valence-corrected chi connectivity index (χ1v) is 10.5. The van der Waals surface area contributed by atoms with Crippen LogP contribution in [0.3, 0.4) is 0 Å². The Morgan fingerprint density at radius 3 is 2.58 bits per heavy atom. The molecule has 8 heteroatoms. The largest absolute Gasteiger partial charge is 0.383 e. The number of fused-ring (bicyclic) bond motifs is 1. The number of hydrogen-bond donors (Lipinski definition) is 1. The fourth-order valence-electron chi connectivity index (χ4n) is 3.64. The Hall–Kier alpha value is -4.38. The second kappa shape index (κ2) is 9.01. The van der Waals surface area contributed by atoms with Gasteiger partial charge >= 0.3 is 0 Å². The second-order valence-corrected chi connectivity index (χ2v) is 7.86. The van der Waals surface area contributed by atoms with E-state index in [1.165, 1.54) is 0 Å². The van der Waals surface area contributed by atoms with E-state index in [1.807, 2.05) is 26.0 Å². The predicted molar refractivity (Wildman–Crippen MR) is 125 cm³/mol. The number of aromatic nitrogens is 4. The molecule has 0 aliphatic carbocycles. The first-order valence-electron chi connectivity index (χ1n) is 10.5. The highest BCUT2D eigenvalue weighted by molar-refractivity contribution is 5.98. The highest BCUT2D eigenvalue weighted by atomic mass is 16.2. The van der Waals surface area contributed by atoms with E-state index in [-0.39, 0.29) is 12.5 Å². The van der Waals surface area contributed by atoms with Crippen LogP contribution in [0, 0.1) is 25.2 Å². The van der Waals surface area contributed by atoms with E-state index in [0.717, 1.165) is 16.5 Å². The number of nitrogen functional groups attached to an aromatic ring is 1. The number of rotatable bonds is 5. The van der Waals surface area contributed by atoms with Crippen LogP contribution in [-0.2, 0) is 6.54 Å². The number of carbonyl (C=O) groups is 1. The summed E-state index contributed by atoms with van der Waals surface area (Å²) < 4.78 is 0. The van der Waals surface area contributed by atoms with Crippen molar-refractivity contribution in [1.29, 1.82) is 5.26 Å². The van der Waals surface area contributed by atoms with Crippen LogP contribution in [0.1, 0.15) is 51.7 Å². The molecule has 1 amide bonds. The Bertz CT molecular complexity index is 1380. The molecule has 3 aromatic heterocycles. The molecule has 0 spiro atoms. The number of benzene rings is 1. The predicted octanol–water partition coefficient (Wildman–Crippen LogP) is 3.89. The molecule has 1 atom stereocenters. The summed E-state index contributed by atoms with van der Waals surface area (Å²) in [7, 11) is 0. The molecule has 0 saturated heterocycles. The summed E-state index contributed by atoms with van der Waals surface area (Å²) in [4.78, 5) is 33.0. The molecule has 0 saturated carbocycles. The Balaban J connectivity index is 1.74. The topological polar surface area (TPSA) is 122 Å². The van der Waals surface area contributed by atoms with Crippen molar-refractivity contribution >= 4 is 22.6 Å². The van der Waals surface area contributed by atoms with Crippen molar-refractivity contribution in [2.75, 3.05) is 5.73 Å². The lowest BCUT2D eigenvalue weighted by molar-refractivity contribution is 0.0663. The smallest absolute Gasteiger partial charge is 0.254 e. The van der Waals surface area contributed by atoms with Crippen molar-refractivity contribution in [3.63, 3.8) is 0 Å². The highest BCUT2D eigenvalue weighted by Crippen LogP contribution is 2.25. The van der Waals surface area contributed by atoms with Gasteiger partial charge in [-0.1, -0.05) is 0 Å². The van der Waals surface area contributed by atoms with E-state index in [9.17, 15) is 10.1 Å². The van der Waals surface area contributed by atoms with Gasteiger partial charge in [0.05, 0.1) is 35.1 Å². The Morgan fingerprint density at radius 2 is 1.88 bits per heavy atom. The van der Waals surface area contributed by atoms with Gasteiger partial charge in [-0.2, -0.15) is 5.26 Å². The molecule has 0 bridgehead atoms. The van der Waals surface area contributed by atoms with Crippen LogP contribution in [-0.4, -0.2) is 30.7 Å². The molecule has 164 valence electrons. The van der Waals surface area contributed by atoms with E-state index in [2.05, 4.69) is 26.0 Å². The average Bonchev–Trinajstić information content (AvgIpc) is 2.83. The minimum Gasteiger partial charge on any atom is -0.383 e. The molecule has 0 radical (unpaired) electrons. The van der Waals surface area contributed by atoms with Crippen LogP contribution in [0.25, 0.3) is 10.9 Å². The van der Waals surface area contributed by atoms with E-state index >= 15 is 0 Å². The zero-order valence-corrected chi connectivity index (χ0v) is 18.6. The third-order valence-corrected chi connectivity index (χ3v) is 5.58. The summed E-state index contributed by atoms with van der Waals surface area (Å²) in [6, 6.07) is 14.2. The number of anilines is 1. The molecule has 0 fully saturated rings. The molecule has 4 rings (SSSR count). The van der Waals surface area contributed by atoms with Crippen molar-refractivity contribution < 1.29 is 4.79 Å². The maximum absolute atomic E-state index is 13.7. The van der Waals surface area contributed by atoms with Crippen LogP contribution in [0.4, 0.5) is 5.82 Å². The summed E-state index contributed by atoms with van der Waals surface area (Å²) in [6.07, 6.45) is 3.31. The van der Waals surface area contributed by atoms with Crippen LogP contribution < -0.4 is 5.73 Å². The third-order valence-electron chi connectivity index (χ3n) is 5.58. The molecular formula is C25H23N7O. The van der Waals surface area contributed by atoms with E-state index < -0.39 is 6.04 Å². The summed E-state index contributed by atoms with van der Waals surface area (Å²) in [5, 5.41) is 10.0. The molecule has 33 heavy (non-hydrogen) atoms. The van der Waals surface area contributed by atoms with Crippen LogP contribution in [0.2, 0.25) is 0 Å². The van der Waals surface area contributed by atoms with Gasteiger partial charge < -0.3 is 10.6 Å². The Morgan fingerprint density at radius 1 is 1.12 bits per heavy atom. The first-order chi connectivity index (χ1) is 15.9. The number of carbonyl (C=O) groups excluding carboxylic acids is 1. The van der Waals surface area contributed by atoms with E-state index in [4.69, 9.17) is 5.73 Å². The summed E-state index contributed by atoms with van der Waals surface area (Å²) in [5.74, 6) is 0.817. The van der Waals surface area contributed by atoms with E-state index in [0.29, 0.717) is 34.2 Å². The van der Waals surface area contributed by atoms with Crippen molar-refractivity contribution in [3.8, 4) is 6.07 Å². The number of aryl methyl sites for hydroxylation is 2. The van der Waals surface area contributed by atoms with E-state index in [1.54, 1.807) is 54.5 Å². The molecule has 0 aliphatic rings. The maximum Gasteiger partial charge on any atom is 0.254 e. The van der Waals surface area contributed by atoms with Crippen molar-refractivity contribution in [2.45, 2.75) is 33.4 Å². The molecule has 8 nitrogen and oxygen atoms in total. The SMILES string of the molecule is Cc1cc2cc(C(=O)N(Cc3ccc(C#N)c(C)n3)[C@H](C)c3ncccn3)ccc2nc1N. The monoisotopic (exact) mass is 437 g/mol. The normalized spacial score (nSPS) is 11.7. The lowest BCUT2D eigenvalue weighted by Gasteiger charge is -2.28. The van der Waals surface area contributed by atoms with Gasteiger partial charge in [-0.05, 0) is 68.8 Å². The lowest BCUT2D eigenvalue weighted by Crippen LogP contribution is -2.34. The number of nitrogens with two attached hydrogens (primary N) is 1. The van der Waals surface area contributed by atoms with Gasteiger partial charge in [0.1, 0.15) is 17.7 Å². The summed E-state index contributed by atoms with van der Waals surface area (Å²) in [6.45, 7) is 5.79. The molecular weight excluding hydrogens is 414 g/mol. The second-order valence-electron chi connectivity index (χ2n) is 7.86. The molecule has 0 aliphatic heterocycles. The fourth-order valence-corrected chi connectivity index (χ4v) is 3.64. The molecule has 4 aromatic rings. The van der Waals surface area contributed by atoms with Gasteiger partial charge in [0.2, 0.25) is 0 Å². The van der Waals surface area contributed by atoms with Gasteiger partial charge in [-0.25, -0.2) is 15.0 Å². The number of nitrogens with zero attached hydrogens (tertiary/aromatic N) is 6. The molecule has 1 aromatic carbocycles. The van der Waals surface area contributed by atoms with Gasteiger partial charge in [0.15, 0.2) is 0 Å². The van der Waals surface area contributed by atoms with Crippen LogP contribution in [0.5, 0.6) is 0 Å². The zero-order valence-electron chi connectivity index (χ0n) is 18.6. The minimum absolute atomic E-state index is 0.185. The molecule has 3 heterocycles. The summed E-state index contributed by atoms with van der Waals surface area (Å²) in [5.41, 5.74) is 9.83. The highest BCUT2D eigenvalue weighted by Gasteiger charge is 2.26. The number of pyridine rings is 2. The number of amides is 1. The van der Waals surface area contributed by atoms with Crippen molar-refractivity contribution in [3.05, 3.63) is 88.8 Å². The minimum atomic E-state index is -0.404. The van der Waals surface area contributed by atoms with Crippen molar-refractivity contribution in [2.24, 2.45) is 0 Å². The van der Waals surface area contributed by atoms with Crippen molar-refractivity contribution in [1.82, 2.24) is 24.8 Å². The van der Waals surface area contributed by atoms with Crippen LogP contribution >= 0.6 is 0 Å². The van der Waals surface area contributed by atoms with Gasteiger partial charge in [-0.15, -0.1) is 0 Å². The Labute approximate surface area is 191 Å². The quantitative estimate of drug-likeness (QED) is 0.502. The van der Waals surface area contributed by atoms with Crippen LogP contribution in [0.15, 0.2) is 54.9 Å². The molecule has 0 unspecified atom stereocenters. The maximum atomic E-state index is 13.7. The molecule has 2 N–H and O–H groups in total. The fraction of sp³-hybridized carbons (Fsp3) is 0.200. The standard InChI is InChI=1S/C25H23N7O/c1-15-11-20-12-18(6-8-22(20)31-23(15)27)25(33)32(17(3)24-28-9-4-10-29-24)14-21-7-5-19(13-26)16(2)30-21/h4-12,17H,14H2,1-3H3,(H2,27,31)/t17-/m1/s1. The number of nitriles is 1. The first kappa shape index (κ1) is 21.8. The van der Waals surface area contributed by atoms with Gasteiger partial charge in [0, 0.05) is 23.3 Å². The lowest BCUT2D eigenvalue weighted by atomic mass is 10.1. The van der Waals surface area contributed by atoms with Gasteiger partial charge in [-0.3, -0.25) is 9.78 Å². The summed E-state index contributed by atoms with van der Waals surface area (Å²) >= 11 is 0. The third kappa shape index (κ3) is 4.48. The van der Waals surface area contributed by atoms with Gasteiger partial charge in [0.25, 0.3) is 5.91 Å². The average molecular weight is 438 g/mol. The zero-order chi connectivity index (χ0) is 23.5.